The fraction of sp³-hybridized carbons (Fsp3) is 0.643. The van der Waals surface area contributed by atoms with E-state index in [1.807, 2.05) is 12.3 Å². The second-order valence-electron chi connectivity index (χ2n) is 6.07. The van der Waals surface area contributed by atoms with Crippen molar-refractivity contribution in [1.82, 2.24) is 9.88 Å². The van der Waals surface area contributed by atoms with Gasteiger partial charge >= 0.3 is 0 Å². The number of nitrogens with zero attached hydrogens (tertiary/aromatic N) is 2. The average Bonchev–Trinajstić information content (AvgIpc) is 2.90. The van der Waals surface area contributed by atoms with Gasteiger partial charge in [-0.2, -0.15) is 0 Å². The molecule has 5 nitrogen and oxygen atoms in total. The van der Waals surface area contributed by atoms with E-state index in [-0.39, 0.29) is 23.7 Å². The van der Waals surface area contributed by atoms with Crippen LogP contribution in [0.4, 0.5) is 5.13 Å². The van der Waals surface area contributed by atoms with Crippen molar-refractivity contribution in [3.05, 3.63) is 11.1 Å². The molecule has 0 radical (unpaired) electrons. The van der Waals surface area contributed by atoms with Gasteiger partial charge in [-0.05, 0) is 6.42 Å². The van der Waals surface area contributed by atoms with Crippen LogP contribution in [0, 0.1) is 0 Å². The van der Waals surface area contributed by atoms with E-state index in [2.05, 4.69) is 31.1 Å². The zero-order chi connectivity index (χ0) is 14.9. The molecule has 1 fully saturated rings. The fourth-order valence-electron chi connectivity index (χ4n) is 2.09. The van der Waals surface area contributed by atoms with Crippen molar-refractivity contribution in [2.24, 2.45) is 0 Å². The van der Waals surface area contributed by atoms with Gasteiger partial charge in [0.2, 0.25) is 5.91 Å². The normalized spacial score (nSPS) is 19.8. The number of likely N-dealkylation sites (tertiary alicyclic amines) is 1. The van der Waals surface area contributed by atoms with Crippen LogP contribution in [0.1, 0.15) is 46.2 Å². The molecule has 110 valence electrons. The van der Waals surface area contributed by atoms with Crippen molar-refractivity contribution in [3.63, 3.8) is 0 Å². The lowest BCUT2D eigenvalue weighted by Crippen LogP contribution is -2.35. The Morgan fingerprint density at radius 3 is 2.70 bits per heavy atom. The monoisotopic (exact) mass is 295 g/mol. The number of aromatic nitrogens is 1. The largest absolute Gasteiger partial charge is 0.349 e. The summed E-state index contributed by atoms with van der Waals surface area (Å²) in [6, 6.07) is -0.465. The summed E-state index contributed by atoms with van der Waals surface area (Å²) in [5.41, 5.74) is 0.979. The van der Waals surface area contributed by atoms with Crippen molar-refractivity contribution in [1.29, 1.82) is 0 Å². The molecule has 1 saturated heterocycles. The molecule has 1 N–H and O–H groups in total. The molecule has 1 aromatic heterocycles. The Balaban J connectivity index is 2.06. The standard InChI is InChI=1S/C14H21N3O2S/c1-5-6-17-11(18)7-9(12(17)19)15-13-16-10(8-20-13)14(2,3)4/h8-9H,5-7H2,1-4H3,(H,15,16). The fourth-order valence-corrected chi connectivity index (χ4v) is 3.08. The van der Waals surface area contributed by atoms with Crippen LogP contribution >= 0.6 is 11.3 Å². The van der Waals surface area contributed by atoms with Gasteiger partial charge in [-0.1, -0.05) is 27.7 Å². The molecular formula is C14H21N3O2S. The molecule has 2 amide bonds. The number of anilines is 1. The first kappa shape index (κ1) is 15.0. The maximum Gasteiger partial charge on any atom is 0.252 e. The highest BCUT2D eigenvalue weighted by atomic mass is 32.1. The maximum absolute atomic E-state index is 12.1. The van der Waals surface area contributed by atoms with E-state index in [1.54, 1.807) is 0 Å². The van der Waals surface area contributed by atoms with Crippen LogP contribution in [0.2, 0.25) is 0 Å². The second kappa shape index (κ2) is 5.52. The topological polar surface area (TPSA) is 62.3 Å². The molecule has 0 aromatic carbocycles. The third-order valence-electron chi connectivity index (χ3n) is 3.26. The van der Waals surface area contributed by atoms with E-state index in [0.29, 0.717) is 11.7 Å². The molecule has 6 heteroatoms. The Labute approximate surface area is 123 Å². The smallest absolute Gasteiger partial charge is 0.252 e. The number of rotatable bonds is 4. The first-order valence-electron chi connectivity index (χ1n) is 6.89. The van der Waals surface area contributed by atoms with E-state index in [1.165, 1.54) is 16.2 Å². The minimum absolute atomic E-state index is 0.0137. The molecule has 0 saturated carbocycles. The van der Waals surface area contributed by atoms with E-state index in [0.717, 1.165) is 12.1 Å². The Morgan fingerprint density at radius 2 is 2.15 bits per heavy atom. The van der Waals surface area contributed by atoms with Crippen LogP contribution in [0.15, 0.2) is 5.38 Å². The number of carbonyl (C=O) groups excluding carboxylic acids is 2. The first-order chi connectivity index (χ1) is 9.32. The van der Waals surface area contributed by atoms with Crippen molar-refractivity contribution >= 4 is 28.3 Å². The van der Waals surface area contributed by atoms with Gasteiger partial charge < -0.3 is 5.32 Å². The zero-order valence-electron chi connectivity index (χ0n) is 12.4. The molecule has 2 rings (SSSR count). The van der Waals surface area contributed by atoms with Crippen LogP contribution in [0.3, 0.4) is 0 Å². The first-order valence-corrected chi connectivity index (χ1v) is 7.77. The van der Waals surface area contributed by atoms with Crippen molar-refractivity contribution in [3.8, 4) is 0 Å². The number of hydrogen-bond donors (Lipinski definition) is 1. The molecular weight excluding hydrogens is 274 g/mol. The van der Waals surface area contributed by atoms with Gasteiger partial charge in [0.05, 0.1) is 12.1 Å². The van der Waals surface area contributed by atoms with Crippen LogP contribution < -0.4 is 5.32 Å². The maximum atomic E-state index is 12.1. The number of carbonyl (C=O) groups is 2. The minimum Gasteiger partial charge on any atom is -0.349 e. The van der Waals surface area contributed by atoms with Crippen molar-refractivity contribution < 1.29 is 9.59 Å². The number of amides is 2. The molecule has 2 heterocycles. The molecule has 20 heavy (non-hydrogen) atoms. The summed E-state index contributed by atoms with van der Waals surface area (Å²) in [4.78, 5) is 29.8. The molecule has 1 aromatic rings. The van der Waals surface area contributed by atoms with Crippen LogP contribution in [0.5, 0.6) is 0 Å². The number of hydrogen-bond acceptors (Lipinski definition) is 5. The highest BCUT2D eigenvalue weighted by molar-refractivity contribution is 7.13. The van der Waals surface area contributed by atoms with Gasteiger partial charge in [0.1, 0.15) is 6.04 Å². The molecule has 0 aliphatic carbocycles. The van der Waals surface area contributed by atoms with Crippen LogP contribution in [-0.2, 0) is 15.0 Å². The van der Waals surface area contributed by atoms with Gasteiger partial charge in [0.25, 0.3) is 5.91 Å². The van der Waals surface area contributed by atoms with E-state index in [4.69, 9.17) is 0 Å². The molecule has 0 spiro atoms. The third kappa shape index (κ3) is 3.00. The Bertz CT molecular complexity index is 519. The van der Waals surface area contributed by atoms with Crippen molar-refractivity contribution in [2.75, 3.05) is 11.9 Å². The summed E-state index contributed by atoms with van der Waals surface area (Å²) in [7, 11) is 0. The predicted octanol–water partition coefficient (Wildman–Crippen LogP) is 2.39. The lowest BCUT2D eigenvalue weighted by atomic mass is 9.93. The Hall–Kier alpha value is -1.43. The van der Waals surface area contributed by atoms with Gasteiger partial charge in [0, 0.05) is 17.3 Å². The summed E-state index contributed by atoms with van der Waals surface area (Å²) in [5.74, 6) is -0.230. The number of imide groups is 1. The van der Waals surface area contributed by atoms with E-state index in [9.17, 15) is 9.59 Å². The quantitative estimate of drug-likeness (QED) is 0.866. The summed E-state index contributed by atoms with van der Waals surface area (Å²) in [6.45, 7) is 8.75. The average molecular weight is 295 g/mol. The van der Waals surface area contributed by atoms with E-state index >= 15 is 0 Å². The Morgan fingerprint density at radius 1 is 1.45 bits per heavy atom. The zero-order valence-corrected chi connectivity index (χ0v) is 13.2. The Kier molecular flexibility index (Phi) is 4.13. The predicted molar refractivity (Wildman–Crippen MR) is 79.9 cm³/mol. The second-order valence-corrected chi connectivity index (χ2v) is 6.93. The molecule has 1 unspecified atom stereocenters. The van der Waals surface area contributed by atoms with Gasteiger partial charge in [-0.3, -0.25) is 14.5 Å². The van der Waals surface area contributed by atoms with Crippen LogP contribution in [-0.4, -0.2) is 34.3 Å². The van der Waals surface area contributed by atoms with Gasteiger partial charge in [-0.15, -0.1) is 11.3 Å². The summed E-state index contributed by atoms with van der Waals surface area (Å²) in [5, 5.41) is 5.80. The van der Waals surface area contributed by atoms with Gasteiger partial charge in [-0.25, -0.2) is 4.98 Å². The summed E-state index contributed by atoms with van der Waals surface area (Å²) < 4.78 is 0. The third-order valence-corrected chi connectivity index (χ3v) is 4.03. The van der Waals surface area contributed by atoms with Crippen LogP contribution in [0.25, 0.3) is 0 Å². The lowest BCUT2D eigenvalue weighted by Gasteiger charge is -2.15. The molecule has 1 aliphatic heterocycles. The number of nitrogens with one attached hydrogen (secondary N) is 1. The van der Waals surface area contributed by atoms with E-state index < -0.39 is 6.04 Å². The molecule has 0 bridgehead atoms. The summed E-state index contributed by atoms with van der Waals surface area (Å²) in [6.07, 6.45) is 1.01. The minimum atomic E-state index is -0.465. The lowest BCUT2D eigenvalue weighted by molar-refractivity contribution is -0.138. The highest BCUT2D eigenvalue weighted by Crippen LogP contribution is 2.28. The SMILES string of the molecule is CCCN1C(=O)CC(Nc2nc(C(C)(C)C)cs2)C1=O. The highest BCUT2D eigenvalue weighted by Gasteiger charge is 2.38. The van der Waals surface area contributed by atoms with Crippen molar-refractivity contribution in [2.45, 2.75) is 52.0 Å². The number of thiazole rings is 1. The van der Waals surface area contributed by atoms with Gasteiger partial charge in [0.15, 0.2) is 5.13 Å². The summed E-state index contributed by atoms with van der Waals surface area (Å²) >= 11 is 1.48. The molecule has 1 atom stereocenters. The molecule has 1 aliphatic rings.